The van der Waals surface area contributed by atoms with E-state index in [1.807, 2.05) is 30.3 Å². The average Bonchev–Trinajstić information content (AvgIpc) is 3.45. The first-order valence-corrected chi connectivity index (χ1v) is 11.2. The predicted molar refractivity (Wildman–Crippen MR) is 122 cm³/mol. The first-order valence-electron chi connectivity index (χ1n) is 10.4. The number of hydrogen-bond acceptors (Lipinski definition) is 6. The number of carbonyl (C=O) groups is 1. The summed E-state index contributed by atoms with van der Waals surface area (Å²) in [6.45, 7) is 3.93. The smallest absolute Gasteiger partial charge is 0.255 e. The van der Waals surface area contributed by atoms with Gasteiger partial charge in [-0.1, -0.05) is 11.3 Å². The number of rotatable bonds is 5. The number of fused-ring (bicyclic) bond motifs is 2. The number of amides is 1. The van der Waals surface area contributed by atoms with Gasteiger partial charge in [-0.3, -0.25) is 4.79 Å². The van der Waals surface area contributed by atoms with Crippen LogP contribution in [0, 0.1) is 5.92 Å². The largest absolute Gasteiger partial charge is 0.493 e. The van der Waals surface area contributed by atoms with Gasteiger partial charge in [0.1, 0.15) is 5.75 Å². The van der Waals surface area contributed by atoms with E-state index in [0.717, 1.165) is 58.4 Å². The topological polar surface area (TPSA) is 57.7 Å². The lowest BCUT2D eigenvalue weighted by molar-refractivity contribution is 0.102. The van der Waals surface area contributed by atoms with Gasteiger partial charge < -0.3 is 19.9 Å². The second kappa shape index (κ2) is 7.89. The minimum atomic E-state index is -0.106. The summed E-state index contributed by atoms with van der Waals surface area (Å²) in [5.74, 6) is 1.47. The zero-order valence-corrected chi connectivity index (χ0v) is 18.2. The summed E-state index contributed by atoms with van der Waals surface area (Å²) in [7, 11) is 4.26. The highest BCUT2D eigenvalue weighted by Crippen LogP contribution is 2.33. The first kappa shape index (κ1) is 19.3. The number of ether oxygens (including phenoxy) is 1. The van der Waals surface area contributed by atoms with Gasteiger partial charge in [-0.15, -0.1) is 0 Å². The van der Waals surface area contributed by atoms with E-state index in [1.165, 1.54) is 6.42 Å². The summed E-state index contributed by atoms with van der Waals surface area (Å²) >= 11 is 1.73. The van der Waals surface area contributed by atoms with Gasteiger partial charge in [-0.25, -0.2) is 4.98 Å². The molecule has 1 N–H and O–H groups in total. The Morgan fingerprint density at radius 3 is 3.07 bits per heavy atom. The van der Waals surface area contributed by atoms with Crippen molar-refractivity contribution in [3.63, 3.8) is 0 Å². The second-order valence-corrected chi connectivity index (χ2v) is 9.43. The molecular weight excluding hydrogens is 396 g/mol. The van der Waals surface area contributed by atoms with Crippen molar-refractivity contribution < 1.29 is 9.53 Å². The van der Waals surface area contributed by atoms with Crippen LogP contribution in [-0.4, -0.2) is 56.1 Å². The maximum atomic E-state index is 12.7. The molecule has 1 saturated heterocycles. The van der Waals surface area contributed by atoms with Gasteiger partial charge in [0.2, 0.25) is 0 Å². The van der Waals surface area contributed by atoms with E-state index < -0.39 is 0 Å². The van der Waals surface area contributed by atoms with Crippen molar-refractivity contribution in [3.05, 3.63) is 47.5 Å². The number of thiazole rings is 1. The van der Waals surface area contributed by atoms with E-state index in [1.54, 1.807) is 11.3 Å². The third kappa shape index (κ3) is 3.87. The number of hydrogen-bond donors (Lipinski definition) is 1. The highest BCUT2D eigenvalue weighted by Gasteiger charge is 2.25. The molecule has 0 radical (unpaired) electrons. The molecular formula is C23H26N4O2S. The number of nitrogens with one attached hydrogen (secondary N) is 1. The van der Waals surface area contributed by atoms with Gasteiger partial charge in [0.05, 0.1) is 16.8 Å². The van der Waals surface area contributed by atoms with Crippen molar-refractivity contribution in [1.29, 1.82) is 0 Å². The van der Waals surface area contributed by atoms with Gasteiger partial charge in [0.25, 0.3) is 5.91 Å². The molecule has 1 unspecified atom stereocenters. The normalized spacial score (nSPS) is 18.1. The minimum Gasteiger partial charge on any atom is -0.493 e. The van der Waals surface area contributed by atoms with Crippen LogP contribution >= 0.6 is 11.3 Å². The Morgan fingerprint density at radius 1 is 1.30 bits per heavy atom. The summed E-state index contributed by atoms with van der Waals surface area (Å²) in [5, 5.41) is 4.09. The maximum Gasteiger partial charge on any atom is 0.255 e. The Bertz CT molecular complexity index is 1090. The molecule has 1 atom stereocenters. The Kier molecular flexibility index (Phi) is 5.08. The van der Waals surface area contributed by atoms with Crippen molar-refractivity contribution in [2.45, 2.75) is 12.8 Å². The third-order valence-electron chi connectivity index (χ3n) is 5.77. The molecule has 2 aliphatic heterocycles. The fourth-order valence-corrected chi connectivity index (χ4v) is 5.31. The van der Waals surface area contributed by atoms with Crippen LogP contribution in [0.25, 0.3) is 10.2 Å². The number of aromatic nitrogens is 1. The van der Waals surface area contributed by atoms with Crippen LogP contribution in [0.1, 0.15) is 22.3 Å². The molecule has 2 aliphatic rings. The SMILES string of the molecule is CN(C)CC1CCN(c2nc3cc(NC(=O)c4ccc5c(c4)CCO5)ccc3s2)C1. The number of nitrogens with zero attached hydrogens (tertiary/aromatic N) is 3. The maximum absolute atomic E-state index is 12.7. The van der Waals surface area contributed by atoms with E-state index in [-0.39, 0.29) is 5.91 Å². The van der Waals surface area contributed by atoms with Gasteiger partial charge in [-0.05, 0) is 68.4 Å². The lowest BCUT2D eigenvalue weighted by Crippen LogP contribution is -2.25. The van der Waals surface area contributed by atoms with Gasteiger partial charge in [0.15, 0.2) is 5.13 Å². The quantitative estimate of drug-likeness (QED) is 0.676. The predicted octanol–water partition coefficient (Wildman–Crippen LogP) is 3.87. The lowest BCUT2D eigenvalue weighted by atomic mass is 10.1. The summed E-state index contributed by atoms with van der Waals surface area (Å²) in [4.78, 5) is 22.2. The first-order chi connectivity index (χ1) is 14.5. The zero-order valence-electron chi connectivity index (χ0n) is 17.4. The van der Waals surface area contributed by atoms with E-state index >= 15 is 0 Å². The standard InChI is InChI=1S/C23H26N4O2S/c1-26(2)13-15-7-9-27(14-15)23-25-19-12-18(4-6-21(19)30-23)24-22(28)17-3-5-20-16(11-17)8-10-29-20/h3-6,11-12,15H,7-10,13-14H2,1-2H3,(H,24,28). The second-order valence-electron chi connectivity index (χ2n) is 8.42. The summed E-state index contributed by atoms with van der Waals surface area (Å²) in [5.41, 5.74) is 3.46. The van der Waals surface area contributed by atoms with Crippen LogP contribution in [0.5, 0.6) is 5.75 Å². The van der Waals surface area contributed by atoms with Crippen LogP contribution in [0.4, 0.5) is 10.8 Å². The molecule has 30 heavy (non-hydrogen) atoms. The molecule has 5 rings (SSSR count). The van der Waals surface area contributed by atoms with Crippen molar-refractivity contribution >= 4 is 38.3 Å². The number of benzene rings is 2. The molecule has 0 spiro atoms. The molecule has 0 bridgehead atoms. The fourth-order valence-electron chi connectivity index (χ4n) is 4.33. The Labute approximate surface area is 180 Å². The molecule has 3 heterocycles. The minimum absolute atomic E-state index is 0.106. The van der Waals surface area contributed by atoms with Crippen LogP contribution in [0.2, 0.25) is 0 Å². The molecule has 3 aromatic rings. The van der Waals surface area contributed by atoms with Crippen LogP contribution in [-0.2, 0) is 6.42 Å². The van der Waals surface area contributed by atoms with Crippen molar-refractivity contribution in [2.75, 3.05) is 50.6 Å². The molecule has 6 nitrogen and oxygen atoms in total. The van der Waals surface area contributed by atoms with Crippen molar-refractivity contribution in [1.82, 2.24) is 9.88 Å². The summed E-state index contributed by atoms with van der Waals surface area (Å²) in [6, 6.07) is 11.6. The highest BCUT2D eigenvalue weighted by atomic mass is 32.1. The Morgan fingerprint density at radius 2 is 2.20 bits per heavy atom. The lowest BCUT2D eigenvalue weighted by Gasteiger charge is -2.17. The molecule has 1 aromatic heterocycles. The van der Waals surface area contributed by atoms with Crippen LogP contribution < -0.4 is 15.0 Å². The summed E-state index contributed by atoms with van der Waals surface area (Å²) in [6.07, 6.45) is 2.07. The van der Waals surface area contributed by atoms with E-state index in [2.05, 4.69) is 35.3 Å². The van der Waals surface area contributed by atoms with Crippen molar-refractivity contribution in [3.8, 4) is 5.75 Å². The summed E-state index contributed by atoms with van der Waals surface area (Å²) < 4.78 is 6.67. The van der Waals surface area contributed by atoms with E-state index in [9.17, 15) is 4.79 Å². The van der Waals surface area contributed by atoms with Gasteiger partial charge >= 0.3 is 0 Å². The molecule has 0 aliphatic carbocycles. The molecule has 1 fully saturated rings. The van der Waals surface area contributed by atoms with Gasteiger partial charge in [0, 0.05) is 37.3 Å². The van der Waals surface area contributed by atoms with E-state index in [0.29, 0.717) is 18.1 Å². The Hall–Kier alpha value is -2.64. The molecule has 156 valence electrons. The highest BCUT2D eigenvalue weighted by molar-refractivity contribution is 7.22. The fraction of sp³-hybridized carbons (Fsp3) is 0.391. The zero-order chi connectivity index (χ0) is 20.7. The number of carbonyl (C=O) groups excluding carboxylic acids is 1. The van der Waals surface area contributed by atoms with Crippen molar-refractivity contribution in [2.24, 2.45) is 5.92 Å². The molecule has 1 amide bonds. The third-order valence-corrected chi connectivity index (χ3v) is 6.86. The van der Waals surface area contributed by atoms with Crippen LogP contribution in [0.3, 0.4) is 0 Å². The molecule has 2 aromatic carbocycles. The average molecular weight is 423 g/mol. The van der Waals surface area contributed by atoms with Gasteiger partial charge in [-0.2, -0.15) is 0 Å². The van der Waals surface area contributed by atoms with Crippen LogP contribution in [0.15, 0.2) is 36.4 Å². The Balaban J connectivity index is 1.30. The molecule has 0 saturated carbocycles. The molecule has 7 heteroatoms. The van der Waals surface area contributed by atoms with E-state index in [4.69, 9.17) is 9.72 Å². The monoisotopic (exact) mass is 422 g/mol. The number of anilines is 2.